The minimum absolute atomic E-state index is 0.623. The summed E-state index contributed by atoms with van der Waals surface area (Å²) in [6, 6.07) is 0. The molecule has 0 saturated heterocycles. The van der Waals surface area contributed by atoms with Crippen molar-refractivity contribution in [3.05, 3.63) is 0 Å². The van der Waals surface area contributed by atoms with Crippen LogP contribution in [0.4, 0.5) is 13.2 Å². The molecule has 15 heavy (non-hydrogen) atoms. The summed E-state index contributed by atoms with van der Waals surface area (Å²) >= 11 is 1.94. The number of hydrogen-bond acceptors (Lipinski definition) is 0. The lowest BCUT2D eigenvalue weighted by atomic mass is 9.99. The highest BCUT2D eigenvalue weighted by atomic mass is 127. The van der Waals surface area contributed by atoms with Crippen LogP contribution in [0, 0.1) is 0 Å². The Morgan fingerprint density at radius 2 is 1.53 bits per heavy atom. The van der Waals surface area contributed by atoms with Crippen molar-refractivity contribution in [2.45, 2.75) is 68.4 Å². The number of alkyl halides is 4. The largest absolute Gasteiger partial charge is 0.390 e. The Bertz CT molecular complexity index is 164. The van der Waals surface area contributed by atoms with E-state index in [-0.39, 0.29) is 0 Å². The topological polar surface area (TPSA) is 0 Å². The van der Waals surface area contributed by atoms with Crippen LogP contribution < -0.4 is 0 Å². The van der Waals surface area contributed by atoms with Crippen molar-refractivity contribution in [2.75, 3.05) is 0 Å². The molecular formula is C11H20F3I. The van der Waals surface area contributed by atoms with Crippen LogP contribution in [0.15, 0.2) is 0 Å². The van der Waals surface area contributed by atoms with Gasteiger partial charge in [0, 0.05) is 3.42 Å². The van der Waals surface area contributed by atoms with Gasteiger partial charge in [0.15, 0.2) is 0 Å². The van der Waals surface area contributed by atoms with E-state index in [1.807, 2.05) is 22.6 Å². The fourth-order valence-corrected chi connectivity index (χ4v) is 2.42. The molecule has 92 valence electrons. The van der Waals surface area contributed by atoms with Crippen molar-refractivity contribution >= 4 is 22.6 Å². The van der Waals surface area contributed by atoms with E-state index in [1.54, 1.807) is 6.92 Å². The Hall–Kier alpha value is 0.520. The lowest BCUT2D eigenvalue weighted by Gasteiger charge is -2.23. The number of hydrogen-bond donors (Lipinski definition) is 0. The fourth-order valence-electron chi connectivity index (χ4n) is 1.60. The normalized spacial score (nSPS) is 16.4. The van der Waals surface area contributed by atoms with E-state index in [4.69, 9.17) is 0 Å². The zero-order valence-corrected chi connectivity index (χ0v) is 11.6. The molecule has 0 aromatic carbocycles. The van der Waals surface area contributed by atoms with Crippen LogP contribution in [-0.2, 0) is 0 Å². The van der Waals surface area contributed by atoms with Crippen LogP contribution in [0.25, 0.3) is 0 Å². The highest BCUT2D eigenvalue weighted by molar-refractivity contribution is 14.1. The minimum atomic E-state index is -4.03. The van der Waals surface area contributed by atoms with E-state index in [0.29, 0.717) is 6.42 Å². The maximum Gasteiger partial charge on any atom is 0.390 e. The standard InChI is InChI=1S/C11H20F3I/c1-3-4-5-6-7-8-10(2,15)9-11(12,13)14/h3-9H2,1-2H3. The SMILES string of the molecule is CCCCCCCC(C)(I)CC(F)(F)F. The molecule has 4 heteroatoms. The van der Waals surface area contributed by atoms with Gasteiger partial charge in [-0.2, -0.15) is 13.2 Å². The van der Waals surface area contributed by atoms with Gasteiger partial charge in [-0.1, -0.05) is 68.5 Å². The molecule has 1 atom stereocenters. The Balaban J connectivity index is 3.65. The third-order valence-electron chi connectivity index (χ3n) is 2.37. The monoisotopic (exact) mass is 336 g/mol. The summed E-state index contributed by atoms with van der Waals surface area (Å²) in [5, 5.41) is 0. The average Bonchev–Trinajstić information content (AvgIpc) is 1.99. The van der Waals surface area contributed by atoms with Gasteiger partial charge in [0.05, 0.1) is 6.42 Å². The maximum atomic E-state index is 12.2. The molecule has 1 unspecified atom stereocenters. The molecule has 0 aliphatic rings. The molecule has 0 rings (SSSR count). The van der Waals surface area contributed by atoms with Gasteiger partial charge in [0.25, 0.3) is 0 Å². The van der Waals surface area contributed by atoms with Gasteiger partial charge in [0.1, 0.15) is 0 Å². The second kappa shape index (κ2) is 6.97. The van der Waals surface area contributed by atoms with Crippen LogP contribution in [0.1, 0.15) is 58.8 Å². The summed E-state index contributed by atoms with van der Waals surface area (Å²) in [5.41, 5.74) is 0. The molecule has 0 spiro atoms. The summed E-state index contributed by atoms with van der Waals surface area (Å²) in [6.07, 6.45) is 1.45. The summed E-state index contributed by atoms with van der Waals surface area (Å²) in [7, 11) is 0. The smallest absolute Gasteiger partial charge is 0.171 e. The van der Waals surface area contributed by atoms with Crippen molar-refractivity contribution in [1.82, 2.24) is 0 Å². The van der Waals surface area contributed by atoms with E-state index in [1.165, 1.54) is 12.8 Å². The highest BCUT2D eigenvalue weighted by Crippen LogP contribution is 2.37. The number of unbranched alkanes of at least 4 members (excludes halogenated alkanes) is 4. The lowest BCUT2D eigenvalue weighted by Crippen LogP contribution is -2.25. The first-order valence-corrected chi connectivity index (χ1v) is 6.60. The molecule has 0 amide bonds. The highest BCUT2D eigenvalue weighted by Gasteiger charge is 2.37. The third kappa shape index (κ3) is 10.8. The van der Waals surface area contributed by atoms with Crippen LogP contribution in [-0.4, -0.2) is 9.60 Å². The summed E-state index contributed by atoms with van der Waals surface area (Å²) < 4.78 is 35.9. The molecule has 0 saturated carbocycles. The van der Waals surface area contributed by atoms with Crippen molar-refractivity contribution in [3.63, 3.8) is 0 Å². The molecular weight excluding hydrogens is 316 g/mol. The second-order valence-corrected chi connectivity index (χ2v) is 6.97. The fraction of sp³-hybridized carbons (Fsp3) is 1.00. The predicted octanol–water partition coefficient (Wildman–Crippen LogP) is 5.49. The first kappa shape index (κ1) is 15.5. The van der Waals surface area contributed by atoms with Gasteiger partial charge in [-0.05, 0) is 6.42 Å². The summed E-state index contributed by atoms with van der Waals surface area (Å²) in [6.45, 7) is 3.83. The lowest BCUT2D eigenvalue weighted by molar-refractivity contribution is -0.139. The van der Waals surface area contributed by atoms with Gasteiger partial charge >= 0.3 is 6.18 Å². The molecule has 0 nitrogen and oxygen atoms in total. The molecule has 0 aromatic rings. The maximum absolute atomic E-state index is 12.2. The van der Waals surface area contributed by atoms with Gasteiger partial charge in [-0.3, -0.25) is 0 Å². The van der Waals surface area contributed by atoms with Crippen LogP contribution in [0.5, 0.6) is 0 Å². The van der Waals surface area contributed by atoms with Gasteiger partial charge in [-0.15, -0.1) is 0 Å². The predicted molar refractivity (Wildman–Crippen MR) is 66.5 cm³/mol. The Kier molecular flexibility index (Phi) is 7.21. The van der Waals surface area contributed by atoms with E-state index < -0.39 is 16.0 Å². The van der Waals surface area contributed by atoms with E-state index in [0.717, 1.165) is 19.3 Å². The van der Waals surface area contributed by atoms with Gasteiger partial charge < -0.3 is 0 Å². The molecule has 0 N–H and O–H groups in total. The van der Waals surface area contributed by atoms with Crippen molar-refractivity contribution in [2.24, 2.45) is 0 Å². The van der Waals surface area contributed by atoms with Crippen LogP contribution >= 0.6 is 22.6 Å². The Morgan fingerprint density at radius 3 is 2.00 bits per heavy atom. The van der Waals surface area contributed by atoms with Crippen molar-refractivity contribution < 1.29 is 13.2 Å². The first-order valence-electron chi connectivity index (χ1n) is 5.52. The molecule has 0 aliphatic heterocycles. The van der Waals surface area contributed by atoms with E-state index >= 15 is 0 Å². The Labute approximate surface area is 104 Å². The zero-order chi connectivity index (χ0) is 11.9. The number of rotatable bonds is 7. The van der Waals surface area contributed by atoms with E-state index in [2.05, 4.69) is 6.92 Å². The molecule has 0 heterocycles. The zero-order valence-electron chi connectivity index (χ0n) is 9.46. The third-order valence-corrected chi connectivity index (χ3v) is 3.29. The molecule has 0 fully saturated rings. The molecule has 0 aliphatic carbocycles. The first-order chi connectivity index (χ1) is 6.77. The second-order valence-electron chi connectivity index (χ2n) is 4.37. The van der Waals surface area contributed by atoms with Crippen LogP contribution in [0.2, 0.25) is 0 Å². The Morgan fingerprint density at radius 1 is 1.00 bits per heavy atom. The van der Waals surface area contributed by atoms with Crippen molar-refractivity contribution in [3.8, 4) is 0 Å². The molecule has 0 bridgehead atoms. The van der Waals surface area contributed by atoms with Gasteiger partial charge in [-0.25, -0.2) is 0 Å². The molecule has 0 radical (unpaired) electrons. The summed E-state index contributed by atoms with van der Waals surface area (Å²) in [5.74, 6) is 0. The van der Waals surface area contributed by atoms with Crippen molar-refractivity contribution in [1.29, 1.82) is 0 Å². The van der Waals surface area contributed by atoms with Crippen LogP contribution in [0.3, 0.4) is 0 Å². The summed E-state index contributed by atoms with van der Waals surface area (Å²) in [4.78, 5) is 0. The number of halogens is 4. The van der Waals surface area contributed by atoms with Gasteiger partial charge in [0.2, 0.25) is 0 Å². The molecule has 0 aromatic heterocycles. The quantitative estimate of drug-likeness (QED) is 0.327. The minimum Gasteiger partial charge on any atom is -0.171 e. The van der Waals surface area contributed by atoms with E-state index in [9.17, 15) is 13.2 Å². The average molecular weight is 336 g/mol.